The second-order valence-corrected chi connectivity index (χ2v) is 3.76. The summed E-state index contributed by atoms with van der Waals surface area (Å²) >= 11 is 0. The van der Waals surface area contributed by atoms with E-state index in [4.69, 9.17) is 0 Å². The topological polar surface area (TPSA) is 0 Å². The number of allylic oxidation sites excluding steroid dienone is 1. The van der Waals surface area contributed by atoms with Crippen LogP contribution in [0.3, 0.4) is 0 Å². The molecule has 2 heteroatoms. The van der Waals surface area contributed by atoms with Crippen LogP contribution in [0, 0.1) is 11.6 Å². The van der Waals surface area contributed by atoms with Crippen molar-refractivity contribution in [1.82, 2.24) is 0 Å². The zero-order chi connectivity index (χ0) is 12.3. The number of halogens is 2. The van der Waals surface area contributed by atoms with Crippen LogP contribution in [0.4, 0.5) is 8.78 Å². The second kappa shape index (κ2) is 4.91. The molecule has 0 aliphatic rings. The van der Waals surface area contributed by atoms with E-state index in [0.29, 0.717) is 11.1 Å². The van der Waals surface area contributed by atoms with E-state index in [1.54, 1.807) is 42.5 Å². The van der Waals surface area contributed by atoms with Crippen molar-refractivity contribution in [3.05, 3.63) is 83.9 Å². The zero-order valence-corrected chi connectivity index (χ0v) is 9.24. The summed E-state index contributed by atoms with van der Waals surface area (Å²) in [7, 11) is 0. The molecule has 0 atom stereocenters. The molecule has 0 aromatic heterocycles. The summed E-state index contributed by atoms with van der Waals surface area (Å²) in [6, 6.07) is 12.7. The summed E-state index contributed by atoms with van der Waals surface area (Å²) in [6.07, 6.45) is 1.55. The van der Waals surface area contributed by atoms with Crippen molar-refractivity contribution in [2.24, 2.45) is 0 Å². The van der Waals surface area contributed by atoms with Gasteiger partial charge in [0.1, 0.15) is 11.6 Å². The van der Waals surface area contributed by atoms with Crippen LogP contribution in [-0.2, 0) is 0 Å². The van der Waals surface area contributed by atoms with Crippen molar-refractivity contribution in [3.63, 3.8) is 0 Å². The van der Waals surface area contributed by atoms with Gasteiger partial charge in [-0.15, -0.1) is 6.58 Å². The van der Waals surface area contributed by atoms with Gasteiger partial charge in [0.2, 0.25) is 0 Å². The molecule has 0 radical (unpaired) electrons. The molecule has 0 N–H and O–H groups in total. The van der Waals surface area contributed by atoms with Crippen molar-refractivity contribution in [2.75, 3.05) is 0 Å². The summed E-state index contributed by atoms with van der Waals surface area (Å²) in [5.41, 5.74) is 0.875. The number of hydrogen-bond donors (Lipinski definition) is 0. The van der Waals surface area contributed by atoms with Crippen LogP contribution in [0.2, 0.25) is 0 Å². The van der Waals surface area contributed by atoms with Crippen molar-refractivity contribution in [1.29, 1.82) is 0 Å². The van der Waals surface area contributed by atoms with E-state index in [2.05, 4.69) is 6.58 Å². The van der Waals surface area contributed by atoms with Crippen molar-refractivity contribution in [2.45, 2.75) is 5.92 Å². The molecule has 86 valence electrons. The first-order valence-electron chi connectivity index (χ1n) is 5.35. The first-order chi connectivity index (χ1) is 8.24. The summed E-state index contributed by atoms with van der Waals surface area (Å²) in [5.74, 6) is -1.15. The molecule has 0 heterocycles. The predicted molar refractivity (Wildman–Crippen MR) is 64.8 cm³/mol. The maximum Gasteiger partial charge on any atom is 0.127 e. The molecule has 2 aromatic carbocycles. The predicted octanol–water partition coefficient (Wildman–Crippen LogP) is 4.28. The summed E-state index contributed by atoms with van der Waals surface area (Å²) in [4.78, 5) is 0. The highest BCUT2D eigenvalue weighted by Gasteiger charge is 2.17. The monoisotopic (exact) mass is 230 g/mol. The van der Waals surface area contributed by atoms with Crippen LogP contribution in [0.25, 0.3) is 0 Å². The fourth-order valence-corrected chi connectivity index (χ4v) is 1.88. The Hall–Kier alpha value is -1.96. The minimum atomic E-state index is -0.461. The molecule has 0 saturated heterocycles. The van der Waals surface area contributed by atoms with Crippen LogP contribution in [-0.4, -0.2) is 0 Å². The average Bonchev–Trinajstić information content (AvgIpc) is 2.34. The third-order valence-corrected chi connectivity index (χ3v) is 2.72. The third-order valence-electron chi connectivity index (χ3n) is 2.72. The molecule has 0 unspecified atom stereocenters. The standard InChI is InChI=1S/C15H12F2/c1-2-11(12-7-3-5-9-14(12)16)13-8-4-6-10-15(13)17/h2-11H,1H2. The van der Waals surface area contributed by atoms with E-state index in [1.165, 1.54) is 12.1 Å². The van der Waals surface area contributed by atoms with Crippen molar-refractivity contribution >= 4 is 0 Å². The lowest BCUT2D eigenvalue weighted by molar-refractivity contribution is 0.589. The largest absolute Gasteiger partial charge is 0.207 e. The van der Waals surface area contributed by atoms with E-state index in [1.807, 2.05) is 0 Å². The Balaban J connectivity index is 2.52. The fraction of sp³-hybridized carbons (Fsp3) is 0.0667. The SMILES string of the molecule is C=CC(c1ccccc1F)c1ccccc1F. The summed E-state index contributed by atoms with van der Waals surface area (Å²) in [6.45, 7) is 3.66. The first-order valence-corrected chi connectivity index (χ1v) is 5.35. The first kappa shape index (κ1) is 11.5. The number of rotatable bonds is 3. The lowest BCUT2D eigenvalue weighted by Crippen LogP contribution is -2.02. The van der Waals surface area contributed by atoms with Crippen LogP contribution < -0.4 is 0 Å². The molecule has 0 nitrogen and oxygen atoms in total. The Kier molecular flexibility index (Phi) is 3.33. The lowest BCUT2D eigenvalue weighted by atomic mass is 9.91. The van der Waals surface area contributed by atoms with Gasteiger partial charge in [-0.1, -0.05) is 42.5 Å². The minimum absolute atomic E-state index is 0.347. The van der Waals surface area contributed by atoms with Crippen LogP contribution in [0.5, 0.6) is 0 Å². The molecule has 0 bridgehead atoms. The Morgan fingerprint density at radius 3 is 1.59 bits per heavy atom. The van der Waals surface area contributed by atoms with E-state index >= 15 is 0 Å². The molecule has 0 aliphatic heterocycles. The molecular weight excluding hydrogens is 218 g/mol. The highest BCUT2D eigenvalue weighted by atomic mass is 19.1. The third kappa shape index (κ3) is 2.26. The Morgan fingerprint density at radius 2 is 1.24 bits per heavy atom. The van der Waals surface area contributed by atoms with Crippen LogP contribution in [0.15, 0.2) is 61.2 Å². The zero-order valence-electron chi connectivity index (χ0n) is 9.24. The van der Waals surface area contributed by atoms with Gasteiger partial charge in [0.05, 0.1) is 0 Å². The van der Waals surface area contributed by atoms with Gasteiger partial charge in [-0.2, -0.15) is 0 Å². The van der Waals surface area contributed by atoms with E-state index in [0.717, 1.165) is 0 Å². The van der Waals surface area contributed by atoms with Crippen LogP contribution >= 0.6 is 0 Å². The van der Waals surface area contributed by atoms with E-state index < -0.39 is 5.92 Å². The fourth-order valence-electron chi connectivity index (χ4n) is 1.88. The van der Waals surface area contributed by atoms with Gasteiger partial charge >= 0.3 is 0 Å². The van der Waals surface area contributed by atoms with Gasteiger partial charge in [-0.25, -0.2) is 8.78 Å². The average molecular weight is 230 g/mol. The molecule has 0 aliphatic carbocycles. The van der Waals surface area contributed by atoms with Crippen molar-refractivity contribution in [3.8, 4) is 0 Å². The van der Waals surface area contributed by atoms with Gasteiger partial charge in [0.15, 0.2) is 0 Å². The molecule has 2 rings (SSSR count). The molecule has 0 fully saturated rings. The Morgan fingerprint density at radius 1 is 0.824 bits per heavy atom. The van der Waals surface area contributed by atoms with Crippen molar-refractivity contribution < 1.29 is 8.78 Å². The van der Waals surface area contributed by atoms with Crippen LogP contribution in [0.1, 0.15) is 17.0 Å². The van der Waals surface area contributed by atoms with Gasteiger partial charge < -0.3 is 0 Å². The highest BCUT2D eigenvalue weighted by molar-refractivity contribution is 5.37. The van der Waals surface area contributed by atoms with E-state index in [-0.39, 0.29) is 11.6 Å². The number of hydrogen-bond acceptors (Lipinski definition) is 0. The molecule has 0 saturated carbocycles. The smallest absolute Gasteiger partial charge is 0.127 e. The Bertz CT molecular complexity index is 486. The lowest BCUT2D eigenvalue weighted by Gasteiger charge is -2.14. The normalized spacial score (nSPS) is 10.5. The van der Waals surface area contributed by atoms with E-state index in [9.17, 15) is 8.78 Å². The minimum Gasteiger partial charge on any atom is -0.207 e. The quantitative estimate of drug-likeness (QED) is 0.690. The number of benzene rings is 2. The second-order valence-electron chi connectivity index (χ2n) is 3.76. The molecule has 0 spiro atoms. The molecule has 2 aromatic rings. The summed E-state index contributed by atoms with van der Waals surface area (Å²) < 4.78 is 27.3. The van der Waals surface area contributed by atoms with Gasteiger partial charge in [0, 0.05) is 5.92 Å². The highest BCUT2D eigenvalue weighted by Crippen LogP contribution is 2.29. The Labute approximate surface area is 99.2 Å². The molecule has 17 heavy (non-hydrogen) atoms. The van der Waals surface area contributed by atoms with Gasteiger partial charge in [-0.05, 0) is 23.3 Å². The van der Waals surface area contributed by atoms with Gasteiger partial charge in [-0.3, -0.25) is 0 Å². The molecular formula is C15H12F2. The van der Waals surface area contributed by atoms with Gasteiger partial charge in [0.25, 0.3) is 0 Å². The molecule has 0 amide bonds. The maximum absolute atomic E-state index is 13.7. The maximum atomic E-state index is 13.7. The summed E-state index contributed by atoms with van der Waals surface area (Å²) in [5, 5.41) is 0.